The first kappa shape index (κ1) is 43.3. The Morgan fingerprint density at radius 1 is 0.254 bits per heavy atom. The highest BCUT2D eigenvalue weighted by Crippen LogP contribution is 2.43. The minimum absolute atomic E-state index is 0.861. The van der Waals surface area contributed by atoms with Gasteiger partial charge in [0.25, 0.3) is 0 Å². The molecule has 0 saturated carbocycles. The zero-order valence-corrected chi connectivity index (χ0v) is 39.2. The molecule has 0 unspecified atom stereocenters. The highest BCUT2D eigenvalue weighted by atomic mass is 16.3. The Balaban J connectivity index is 0.924. The summed E-state index contributed by atoms with van der Waals surface area (Å²) >= 11 is 0. The molecule has 0 bridgehead atoms. The van der Waals surface area contributed by atoms with Crippen molar-refractivity contribution in [1.29, 1.82) is 0 Å². The maximum Gasteiger partial charge on any atom is 0.136 e. The van der Waals surface area contributed by atoms with Crippen molar-refractivity contribution in [2.24, 2.45) is 0 Å². The number of furan rings is 1. The number of hydrogen-bond acceptors (Lipinski definition) is 4. The van der Waals surface area contributed by atoms with Crippen molar-refractivity contribution in [1.82, 2.24) is 15.0 Å². The van der Waals surface area contributed by atoms with Gasteiger partial charge < -0.3 is 4.42 Å². The van der Waals surface area contributed by atoms with Crippen LogP contribution in [0.2, 0.25) is 0 Å². The summed E-state index contributed by atoms with van der Waals surface area (Å²) in [5.41, 5.74) is 22.5. The minimum Gasteiger partial charge on any atom is -0.456 e. The first-order valence-corrected chi connectivity index (χ1v) is 24.5. The number of aryl methyl sites for hydroxylation is 4. The van der Waals surface area contributed by atoms with Gasteiger partial charge in [0.15, 0.2) is 0 Å². The van der Waals surface area contributed by atoms with Gasteiger partial charge in [0, 0.05) is 46.1 Å². The molecule has 12 rings (SSSR count). The molecule has 71 heavy (non-hydrogen) atoms. The molecule has 0 spiro atoms. The third-order valence-electron chi connectivity index (χ3n) is 13.7. The average Bonchev–Trinajstić information content (AvgIpc) is 3.82. The van der Waals surface area contributed by atoms with Gasteiger partial charge in [-0.15, -0.1) is 0 Å². The van der Waals surface area contributed by atoms with E-state index in [4.69, 9.17) is 9.40 Å². The van der Waals surface area contributed by atoms with Crippen molar-refractivity contribution in [3.63, 3.8) is 0 Å². The Labute approximate surface area is 414 Å². The van der Waals surface area contributed by atoms with Crippen LogP contribution in [0.15, 0.2) is 254 Å². The predicted molar refractivity (Wildman–Crippen MR) is 293 cm³/mol. The lowest BCUT2D eigenvalue weighted by atomic mass is 9.86. The van der Waals surface area contributed by atoms with Gasteiger partial charge in [0.2, 0.25) is 0 Å². The molecule has 0 radical (unpaired) electrons. The van der Waals surface area contributed by atoms with Crippen LogP contribution in [-0.4, -0.2) is 15.0 Å². The molecule has 4 heteroatoms. The fraction of sp³-hybridized carbons (Fsp3) is 0.0597. The van der Waals surface area contributed by atoms with Gasteiger partial charge in [-0.3, -0.25) is 15.0 Å². The van der Waals surface area contributed by atoms with Crippen molar-refractivity contribution in [2.75, 3.05) is 0 Å². The van der Waals surface area contributed by atoms with E-state index >= 15 is 0 Å². The van der Waals surface area contributed by atoms with Gasteiger partial charge in [0.1, 0.15) is 11.2 Å². The zero-order chi connectivity index (χ0) is 47.3. The first-order chi connectivity index (χ1) is 35.1. The molecule has 4 aromatic heterocycles. The van der Waals surface area contributed by atoms with Gasteiger partial charge >= 0.3 is 0 Å². The molecule has 0 N–H and O–H groups in total. The van der Waals surface area contributed by atoms with E-state index in [0.29, 0.717) is 0 Å². The lowest BCUT2D eigenvalue weighted by molar-refractivity contribution is 0.669. The van der Waals surface area contributed by atoms with Crippen LogP contribution < -0.4 is 0 Å². The van der Waals surface area contributed by atoms with Crippen molar-refractivity contribution in [3.05, 3.63) is 271 Å². The average molecular weight is 912 g/mol. The van der Waals surface area contributed by atoms with E-state index in [1.807, 2.05) is 55.0 Å². The summed E-state index contributed by atoms with van der Waals surface area (Å²) in [7, 11) is 0. The van der Waals surface area contributed by atoms with E-state index in [0.717, 1.165) is 104 Å². The van der Waals surface area contributed by atoms with Crippen molar-refractivity contribution < 1.29 is 4.42 Å². The zero-order valence-electron chi connectivity index (χ0n) is 39.2. The summed E-state index contributed by atoms with van der Waals surface area (Å²) in [6.45, 7) is 0. The molecule has 0 atom stereocenters. The van der Waals surface area contributed by atoms with Crippen molar-refractivity contribution >= 4 is 21.9 Å². The number of fused-ring (bicyclic) bond motifs is 3. The maximum atomic E-state index is 6.70. The highest BCUT2D eigenvalue weighted by Gasteiger charge is 2.18. The molecule has 4 heterocycles. The fourth-order valence-corrected chi connectivity index (χ4v) is 9.97. The summed E-state index contributed by atoms with van der Waals surface area (Å²) in [4.78, 5) is 13.9. The molecule has 338 valence electrons. The molecule has 4 nitrogen and oxygen atoms in total. The van der Waals surface area contributed by atoms with Gasteiger partial charge in [-0.1, -0.05) is 164 Å². The number of hydrogen-bond donors (Lipinski definition) is 0. The molecule has 0 saturated heterocycles. The number of pyridine rings is 3. The van der Waals surface area contributed by atoms with E-state index < -0.39 is 0 Å². The number of nitrogens with zero attached hydrogens (tertiary/aromatic N) is 3. The summed E-state index contributed by atoms with van der Waals surface area (Å²) in [6.07, 6.45) is 9.25. The van der Waals surface area contributed by atoms with E-state index in [1.165, 1.54) is 44.5 Å². The number of benzene rings is 8. The smallest absolute Gasteiger partial charge is 0.136 e. The number of rotatable bonds is 13. The van der Waals surface area contributed by atoms with Gasteiger partial charge in [-0.05, 0) is 159 Å². The van der Waals surface area contributed by atoms with Crippen LogP contribution in [0.25, 0.3) is 100 Å². The predicted octanol–water partition coefficient (Wildman–Crippen LogP) is 17.0. The first-order valence-electron chi connectivity index (χ1n) is 24.5. The lowest BCUT2D eigenvalue weighted by Crippen LogP contribution is -1.98. The Morgan fingerprint density at radius 2 is 0.704 bits per heavy atom. The van der Waals surface area contributed by atoms with Crippen molar-refractivity contribution in [3.8, 4) is 78.3 Å². The minimum atomic E-state index is 0.861. The lowest BCUT2D eigenvalue weighted by Gasteiger charge is -2.18. The summed E-state index contributed by atoms with van der Waals surface area (Å²) < 4.78 is 6.70. The third-order valence-corrected chi connectivity index (χ3v) is 13.7. The van der Waals surface area contributed by atoms with Crippen LogP contribution in [0.4, 0.5) is 0 Å². The molecular formula is C67H49N3O. The fourth-order valence-electron chi connectivity index (χ4n) is 9.97. The molecule has 0 aliphatic heterocycles. The van der Waals surface area contributed by atoms with Crippen LogP contribution in [-0.2, 0) is 25.7 Å². The molecule has 12 aromatic rings. The Kier molecular flexibility index (Phi) is 11.9. The molecular weight excluding hydrogens is 863 g/mol. The van der Waals surface area contributed by atoms with Crippen LogP contribution in [0, 0.1) is 0 Å². The van der Waals surface area contributed by atoms with E-state index in [-0.39, 0.29) is 0 Å². The monoisotopic (exact) mass is 911 g/mol. The van der Waals surface area contributed by atoms with Crippen LogP contribution in [0.5, 0.6) is 0 Å². The normalized spacial score (nSPS) is 11.3. The second-order valence-corrected chi connectivity index (χ2v) is 18.3. The standard InChI is InChI=1S/C67H49N3O/c1-2-12-50(13-3-1)53-31-35-60-61-36-32-54(45-67(61)71-66(60)44-53)62-43-55(65-18-8-11-39-70-65)33-34-59(62)58-15-5-4-14-57(58)56-41-48(21-19-46-23-27-51(28-24-46)63-16-6-9-37-68-63)40-49(42-56)22-20-47-25-29-52(30-26-47)64-17-7-10-38-69-64/h1-18,23-45H,19-22H2. The van der Waals surface area contributed by atoms with E-state index in [2.05, 4.69) is 204 Å². The van der Waals surface area contributed by atoms with Gasteiger partial charge in [-0.25, -0.2) is 0 Å². The summed E-state index contributed by atoms with van der Waals surface area (Å²) in [6, 6.07) is 82.6. The molecule has 0 aliphatic carbocycles. The second kappa shape index (κ2) is 19.6. The summed E-state index contributed by atoms with van der Waals surface area (Å²) in [5.74, 6) is 0. The summed E-state index contributed by atoms with van der Waals surface area (Å²) in [5, 5.41) is 2.21. The number of aromatic nitrogens is 3. The quantitative estimate of drug-likeness (QED) is 0.116. The molecule has 8 aromatic carbocycles. The molecule has 0 fully saturated rings. The Morgan fingerprint density at radius 3 is 1.27 bits per heavy atom. The van der Waals surface area contributed by atoms with Crippen LogP contribution in [0.1, 0.15) is 22.3 Å². The van der Waals surface area contributed by atoms with Gasteiger partial charge in [-0.2, -0.15) is 0 Å². The van der Waals surface area contributed by atoms with E-state index in [9.17, 15) is 0 Å². The third kappa shape index (κ3) is 9.32. The molecule has 0 amide bonds. The van der Waals surface area contributed by atoms with E-state index in [1.54, 1.807) is 0 Å². The topological polar surface area (TPSA) is 51.8 Å². The second-order valence-electron chi connectivity index (χ2n) is 18.3. The largest absolute Gasteiger partial charge is 0.456 e. The SMILES string of the molecule is c1ccc(-c2ccc3c(c2)oc2cc(-c4cc(-c5ccccn5)ccc4-c4ccccc4-c4cc(CCc5ccc(-c6ccccn6)cc5)cc(CCc5ccc(-c6ccccn6)cc5)c4)ccc23)cc1. The van der Waals surface area contributed by atoms with Crippen LogP contribution >= 0.6 is 0 Å². The molecule has 0 aliphatic rings. The Bertz CT molecular complexity index is 3670. The maximum absolute atomic E-state index is 6.70. The van der Waals surface area contributed by atoms with Crippen molar-refractivity contribution in [2.45, 2.75) is 25.7 Å². The van der Waals surface area contributed by atoms with Gasteiger partial charge in [0.05, 0.1) is 17.1 Å². The highest BCUT2D eigenvalue weighted by molar-refractivity contribution is 6.07. The Hall–Kier alpha value is -8.99. The van der Waals surface area contributed by atoms with Crippen LogP contribution in [0.3, 0.4) is 0 Å².